The Morgan fingerprint density at radius 3 is 2.17 bits per heavy atom. The highest BCUT2D eigenvalue weighted by Gasteiger charge is 2.19. The van der Waals surface area contributed by atoms with Crippen LogP contribution in [0.4, 0.5) is 5.82 Å². The predicted octanol–water partition coefficient (Wildman–Crippen LogP) is 2.90. The maximum absolute atomic E-state index is 12.8. The van der Waals surface area contributed by atoms with Gasteiger partial charge in [0.05, 0.1) is 10.6 Å². The van der Waals surface area contributed by atoms with Crippen LogP contribution >= 0.6 is 0 Å². The van der Waals surface area contributed by atoms with Crippen molar-refractivity contribution in [2.45, 2.75) is 46.4 Å². The van der Waals surface area contributed by atoms with Crippen LogP contribution in [0.15, 0.2) is 29.2 Å². The van der Waals surface area contributed by atoms with Crippen molar-refractivity contribution in [2.75, 3.05) is 18.4 Å². The first-order chi connectivity index (χ1) is 14.1. The van der Waals surface area contributed by atoms with Gasteiger partial charge in [0.1, 0.15) is 11.6 Å². The molecule has 3 aromatic rings. The van der Waals surface area contributed by atoms with E-state index in [9.17, 15) is 8.42 Å². The summed E-state index contributed by atoms with van der Waals surface area (Å²) in [6.07, 6.45) is 0. The minimum atomic E-state index is -3.59. The molecule has 0 saturated heterocycles. The summed E-state index contributed by atoms with van der Waals surface area (Å²) in [7, 11) is -3.59. The largest absolute Gasteiger partial charge is 0.369 e. The van der Waals surface area contributed by atoms with Crippen molar-refractivity contribution in [3.63, 3.8) is 0 Å². The van der Waals surface area contributed by atoms with Crippen molar-refractivity contribution >= 4 is 15.8 Å². The monoisotopic (exact) mass is 428 g/mol. The first-order valence-corrected chi connectivity index (χ1v) is 11.3. The smallest absolute Gasteiger partial charge is 0.241 e. The van der Waals surface area contributed by atoms with Crippen molar-refractivity contribution in [1.29, 1.82) is 0 Å². The molecule has 3 rings (SSSR count). The Bertz CT molecular complexity index is 1160. The van der Waals surface area contributed by atoms with Crippen LogP contribution in [0.5, 0.6) is 0 Å². The summed E-state index contributed by atoms with van der Waals surface area (Å²) in [5.74, 6) is 1.89. The lowest BCUT2D eigenvalue weighted by atomic mass is 10.1. The molecule has 2 aromatic heterocycles. The zero-order chi connectivity index (χ0) is 22.1. The van der Waals surface area contributed by atoms with E-state index in [4.69, 9.17) is 0 Å². The molecule has 0 aliphatic carbocycles. The zero-order valence-corrected chi connectivity index (χ0v) is 19.1. The third-order valence-corrected chi connectivity index (χ3v) is 6.41. The molecule has 0 bridgehead atoms. The molecule has 0 spiro atoms. The number of hydrogen-bond acceptors (Lipinski definition) is 6. The number of anilines is 1. The lowest BCUT2D eigenvalue weighted by Gasteiger charge is -2.14. The minimum Gasteiger partial charge on any atom is -0.369 e. The first-order valence-electron chi connectivity index (χ1n) is 9.77. The van der Waals surface area contributed by atoms with Crippen LogP contribution in [0.2, 0.25) is 0 Å². The molecule has 2 heterocycles. The number of hydrogen-bond donors (Lipinski definition) is 2. The van der Waals surface area contributed by atoms with E-state index in [1.54, 1.807) is 10.7 Å². The Balaban J connectivity index is 1.68. The summed E-state index contributed by atoms with van der Waals surface area (Å²) in [5.41, 5.74) is 4.42. The van der Waals surface area contributed by atoms with E-state index in [1.807, 2.05) is 59.7 Å². The van der Waals surface area contributed by atoms with E-state index >= 15 is 0 Å². The molecule has 0 aliphatic rings. The number of sulfonamides is 1. The summed E-state index contributed by atoms with van der Waals surface area (Å²) in [5, 5.41) is 7.62. The quantitative estimate of drug-likeness (QED) is 0.561. The summed E-state index contributed by atoms with van der Waals surface area (Å²) < 4.78 is 29.9. The van der Waals surface area contributed by atoms with Crippen LogP contribution < -0.4 is 10.0 Å². The van der Waals surface area contributed by atoms with E-state index < -0.39 is 10.0 Å². The van der Waals surface area contributed by atoms with Gasteiger partial charge in [-0.1, -0.05) is 17.7 Å². The highest BCUT2D eigenvalue weighted by Crippen LogP contribution is 2.21. The van der Waals surface area contributed by atoms with E-state index in [2.05, 4.69) is 25.1 Å². The average molecular weight is 429 g/mol. The Morgan fingerprint density at radius 2 is 1.57 bits per heavy atom. The molecule has 0 amide bonds. The lowest BCUT2D eigenvalue weighted by Crippen LogP contribution is -2.30. The minimum absolute atomic E-state index is 0.230. The summed E-state index contributed by atoms with van der Waals surface area (Å²) in [6.45, 7) is 11.9. The fourth-order valence-corrected chi connectivity index (χ4v) is 5.13. The Hall–Kier alpha value is -2.78. The van der Waals surface area contributed by atoms with Crippen molar-refractivity contribution in [1.82, 2.24) is 24.5 Å². The molecule has 160 valence electrons. The van der Waals surface area contributed by atoms with Crippen molar-refractivity contribution < 1.29 is 8.42 Å². The lowest BCUT2D eigenvalue weighted by molar-refractivity contribution is 0.581. The van der Waals surface area contributed by atoms with Gasteiger partial charge in [-0.15, -0.1) is 0 Å². The van der Waals surface area contributed by atoms with Crippen molar-refractivity contribution in [3.05, 3.63) is 58.2 Å². The second kappa shape index (κ2) is 8.53. The number of rotatable bonds is 7. The fourth-order valence-electron chi connectivity index (χ4n) is 3.65. The maximum Gasteiger partial charge on any atom is 0.241 e. The third-order valence-electron chi connectivity index (χ3n) is 4.65. The fraction of sp³-hybridized carbons (Fsp3) is 0.381. The molecular weight excluding hydrogens is 400 g/mol. The van der Waals surface area contributed by atoms with E-state index in [-0.39, 0.29) is 6.54 Å². The molecule has 0 fully saturated rings. The molecule has 0 aliphatic heterocycles. The second-order valence-electron chi connectivity index (χ2n) is 7.55. The number of benzene rings is 1. The highest BCUT2D eigenvalue weighted by molar-refractivity contribution is 7.89. The van der Waals surface area contributed by atoms with Gasteiger partial charge in [-0.25, -0.2) is 27.8 Å². The number of aromatic nitrogens is 4. The van der Waals surface area contributed by atoms with E-state index in [1.165, 1.54) is 0 Å². The zero-order valence-electron chi connectivity index (χ0n) is 18.2. The van der Waals surface area contributed by atoms with Gasteiger partial charge in [-0.05, 0) is 58.7 Å². The van der Waals surface area contributed by atoms with E-state index in [0.29, 0.717) is 28.9 Å². The molecule has 1 aromatic carbocycles. The van der Waals surface area contributed by atoms with Gasteiger partial charge in [0.2, 0.25) is 10.0 Å². The van der Waals surface area contributed by atoms with Gasteiger partial charge >= 0.3 is 0 Å². The third kappa shape index (κ3) is 4.85. The Kier molecular flexibility index (Phi) is 6.23. The van der Waals surface area contributed by atoms with Gasteiger partial charge < -0.3 is 5.32 Å². The molecule has 0 saturated carbocycles. The molecule has 0 atom stereocenters. The van der Waals surface area contributed by atoms with Gasteiger partial charge in [0, 0.05) is 24.8 Å². The average Bonchev–Trinajstić information content (AvgIpc) is 2.95. The SMILES string of the molecule is Cc1cc(C)c(S(=O)(=O)NCCNc2cc(-n3nc(C)cc3C)nc(C)n2)c(C)c1. The van der Waals surface area contributed by atoms with Crippen LogP contribution in [0.25, 0.3) is 5.82 Å². The number of aryl methyl sites for hydroxylation is 6. The van der Waals surface area contributed by atoms with Crippen LogP contribution in [0, 0.1) is 41.5 Å². The van der Waals surface area contributed by atoms with Gasteiger partial charge in [-0.3, -0.25) is 0 Å². The van der Waals surface area contributed by atoms with Crippen molar-refractivity contribution in [2.24, 2.45) is 0 Å². The standard InChI is InChI=1S/C21H28N6O2S/c1-13-9-14(2)21(15(3)10-13)30(28,29)23-8-7-22-19-12-20(25-18(6)24-19)27-17(5)11-16(4)26-27/h9-12,23H,7-8H2,1-6H3,(H,22,24,25). The Morgan fingerprint density at radius 1 is 0.900 bits per heavy atom. The molecular formula is C21H28N6O2S. The molecule has 30 heavy (non-hydrogen) atoms. The number of nitrogens with zero attached hydrogens (tertiary/aromatic N) is 4. The van der Waals surface area contributed by atoms with Crippen LogP contribution in [-0.2, 0) is 10.0 Å². The molecule has 2 N–H and O–H groups in total. The molecule has 8 nitrogen and oxygen atoms in total. The molecule has 9 heteroatoms. The summed E-state index contributed by atoms with van der Waals surface area (Å²) in [4.78, 5) is 9.18. The summed E-state index contributed by atoms with van der Waals surface area (Å²) in [6, 6.07) is 7.54. The normalized spacial score (nSPS) is 11.7. The first kappa shape index (κ1) is 21.9. The van der Waals surface area contributed by atoms with Crippen LogP contribution in [0.1, 0.15) is 33.9 Å². The van der Waals surface area contributed by atoms with Crippen molar-refractivity contribution in [3.8, 4) is 5.82 Å². The van der Waals surface area contributed by atoms with E-state index in [0.717, 1.165) is 28.1 Å². The van der Waals surface area contributed by atoms with Gasteiger partial charge in [-0.2, -0.15) is 5.10 Å². The predicted molar refractivity (Wildman–Crippen MR) is 118 cm³/mol. The Labute approximate surface area is 177 Å². The topological polar surface area (TPSA) is 102 Å². The number of nitrogens with one attached hydrogen (secondary N) is 2. The maximum atomic E-state index is 12.8. The van der Waals surface area contributed by atoms with Gasteiger partial charge in [0.15, 0.2) is 5.82 Å². The molecule has 0 radical (unpaired) electrons. The van der Waals surface area contributed by atoms with Crippen LogP contribution in [-0.4, -0.2) is 41.3 Å². The second-order valence-corrected chi connectivity index (χ2v) is 9.25. The summed E-state index contributed by atoms with van der Waals surface area (Å²) >= 11 is 0. The molecule has 0 unspecified atom stereocenters. The highest BCUT2D eigenvalue weighted by atomic mass is 32.2. The van der Waals surface area contributed by atoms with Gasteiger partial charge in [0.25, 0.3) is 0 Å². The van der Waals surface area contributed by atoms with Crippen LogP contribution in [0.3, 0.4) is 0 Å².